The van der Waals surface area contributed by atoms with Crippen molar-refractivity contribution in [2.24, 2.45) is 5.92 Å². The topological polar surface area (TPSA) is 56.8 Å². The van der Waals surface area contributed by atoms with Gasteiger partial charge >= 0.3 is 0 Å². The van der Waals surface area contributed by atoms with Crippen molar-refractivity contribution in [1.29, 1.82) is 0 Å². The molecule has 0 aromatic heterocycles. The van der Waals surface area contributed by atoms with Crippen LogP contribution in [0.2, 0.25) is 0 Å². The third-order valence-electron chi connectivity index (χ3n) is 4.53. The average Bonchev–Trinajstić information content (AvgIpc) is 2.71. The van der Waals surface area contributed by atoms with Crippen molar-refractivity contribution in [2.75, 3.05) is 20.8 Å². The Bertz CT molecular complexity index is 862. The van der Waals surface area contributed by atoms with Crippen LogP contribution in [0.1, 0.15) is 43.6 Å². The summed E-state index contributed by atoms with van der Waals surface area (Å²) in [7, 11) is 9.08. The molecule has 2 rings (SSSR count). The molecule has 158 valence electrons. The van der Waals surface area contributed by atoms with Crippen molar-refractivity contribution < 1.29 is 19.0 Å². The van der Waals surface area contributed by atoms with Crippen molar-refractivity contribution in [3.05, 3.63) is 59.3 Å². The Hall–Kier alpha value is -2.73. The fourth-order valence-corrected chi connectivity index (χ4v) is 3.20. The number of hydrogen-bond donors (Lipinski definition) is 1. The maximum absolute atomic E-state index is 12.7. The van der Waals surface area contributed by atoms with Crippen LogP contribution in [0.3, 0.4) is 0 Å². The zero-order chi connectivity index (χ0) is 22.1. The molecular weight excluding hydrogens is 377 g/mol. The highest BCUT2D eigenvalue weighted by Gasteiger charge is 2.20. The Morgan fingerprint density at radius 3 is 2.40 bits per heavy atom. The molecule has 0 spiro atoms. The zero-order valence-electron chi connectivity index (χ0n) is 18.4. The first-order valence-corrected chi connectivity index (χ1v) is 10.1. The average molecular weight is 407 g/mol. The number of amides is 1. The summed E-state index contributed by atoms with van der Waals surface area (Å²) in [5.74, 6) is 1.35. The van der Waals surface area contributed by atoms with Crippen molar-refractivity contribution >= 4 is 25.3 Å². The molecule has 1 unspecified atom stereocenters. The number of carbonyl (C=O) groups is 1. The van der Waals surface area contributed by atoms with E-state index in [0.717, 1.165) is 17.5 Å². The van der Waals surface area contributed by atoms with E-state index in [1.807, 2.05) is 19.1 Å². The van der Waals surface area contributed by atoms with E-state index in [0.29, 0.717) is 29.5 Å². The summed E-state index contributed by atoms with van der Waals surface area (Å²) < 4.78 is 16.2. The maximum atomic E-state index is 12.7. The van der Waals surface area contributed by atoms with Gasteiger partial charge in [0, 0.05) is 12.8 Å². The highest BCUT2D eigenvalue weighted by molar-refractivity contribution is 6.34. The van der Waals surface area contributed by atoms with Crippen LogP contribution >= 0.6 is 0 Å². The van der Waals surface area contributed by atoms with Gasteiger partial charge in [-0.15, -0.1) is 0 Å². The summed E-state index contributed by atoms with van der Waals surface area (Å²) >= 11 is 0. The molecule has 30 heavy (non-hydrogen) atoms. The number of nitrogens with one attached hydrogen (secondary N) is 1. The summed E-state index contributed by atoms with van der Waals surface area (Å²) in [4.78, 5) is 12.7. The summed E-state index contributed by atoms with van der Waals surface area (Å²) in [6, 6.07) is 11.5. The molecule has 6 heteroatoms. The highest BCUT2D eigenvalue weighted by Crippen LogP contribution is 2.26. The number of ether oxygens (including phenoxy) is 3. The number of hydrogen-bond acceptors (Lipinski definition) is 4. The van der Waals surface area contributed by atoms with Crippen LogP contribution in [0, 0.1) is 5.92 Å². The fraction of sp³-hybridized carbons (Fsp3) is 0.375. The highest BCUT2D eigenvalue weighted by atomic mass is 16.5. The monoisotopic (exact) mass is 407 g/mol. The zero-order valence-corrected chi connectivity index (χ0v) is 18.4. The second kappa shape index (κ2) is 11.5. The summed E-state index contributed by atoms with van der Waals surface area (Å²) in [6.45, 7) is 6.67. The van der Waals surface area contributed by atoms with Crippen LogP contribution in [0.15, 0.2) is 42.6 Å². The van der Waals surface area contributed by atoms with Gasteiger partial charge in [-0.25, -0.2) is 0 Å². The largest absolute Gasteiger partial charge is 0.493 e. The van der Waals surface area contributed by atoms with Gasteiger partial charge in [0.15, 0.2) is 17.6 Å². The maximum Gasteiger partial charge on any atom is 0.257 e. The Kier molecular flexibility index (Phi) is 9.00. The molecule has 0 fully saturated rings. The van der Waals surface area contributed by atoms with Crippen molar-refractivity contribution in [2.45, 2.75) is 33.3 Å². The smallest absolute Gasteiger partial charge is 0.257 e. The van der Waals surface area contributed by atoms with E-state index in [9.17, 15) is 4.79 Å². The molecule has 0 bridgehead atoms. The lowest BCUT2D eigenvalue weighted by Gasteiger charge is -2.17. The van der Waals surface area contributed by atoms with E-state index < -0.39 is 6.10 Å². The third-order valence-corrected chi connectivity index (χ3v) is 4.53. The summed E-state index contributed by atoms with van der Waals surface area (Å²) in [6.07, 6.45) is 3.64. The molecule has 0 aliphatic rings. The van der Waals surface area contributed by atoms with Gasteiger partial charge in [-0.3, -0.25) is 4.79 Å². The Morgan fingerprint density at radius 2 is 1.83 bits per heavy atom. The van der Waals surface area contributed by atoms with E-state index in [1.165, 1.54) is 12.7 Å². The lowest BCUT2D eigenvalue weighted by Crippen LogP contribution is -2.27. The standard InChI is InChI=1S/C24H30BNO4/c1-6-30-22(19-9-7-17(8-10-19)13-16(2)3)24(27)26-12-11-18-14-20(25)23(29-5)21(15-18)28-4/h7-12,14-16,22H,6,13H2,1-5H3,(H,26,27)/b12-11+. The predicted octanol–water partition coefficient (Wildman–Crippen LogP) is 3.56. The van der Waals surface area contributed by atoms with Crippen LogP contribution in [-0.4, -0.2) is 34.6 Å². The minimum Gasteiger partial charge on any atom is -0.493 e. The van der Waals surface area contributed by atoms with Crippen LogP contribution in [0.25, 0.3) is 6.08 Å². The molecular formula is C24H30BNO4. The normalized spacial score (nSPS) is 12.2. The van der Waals surface area contributed by atoms with Crippen molar-refractivity contribution in [1.82, 2.24) is 5.32 Å². The first kappa shape index (κ1) is 23.6. The Balaban J connectivity index is 2.11. The molecule has 0 heterocycles. The molecule has 1 N–H and O–H groups in total. The van der Waals surface area contributed by atoms with Gasteiger partial charge < -0.3 is 19.5 Å². The third kappa shape index (κ3) is 6.39. The lowest BCUT2D eigenvalue weighted by molar-refractivity contribution is -0.131. The minimum atomic E-state index is -0.678. The molecule has 5 nitrogen and oxygen atoms in total. The second-order valence-electron chi connectivity index (χ2n) is 7.36. The van der Waals surface area contributed by atoms with E-state index in [4.69, 9.17) is 22.1 Å². The van der Waals surface area contributed by atoms with Gasteiger partial charge in [0.25, 0.3) is 5.91 Å². The van der Waals surface area contributed by atoms with Crippen molar-refractivity contribution in [3.8, 4) is 11.5 Å². The Morgan fingerprint density at radius 1 is 1.13 bits per heavy atom. The molecule has 2 aromatic carbocycles. The van der Waals surface area contributed by atoms with Crippen molar-refractivity contribution in [3.63, 3.8) is 0 Å². The van der Waals surface area contributed by atoms with Crippen LogP contribution in [0.5, 0.6) is 11.5 Å². The summed E-state index contributed by atoms with van der Waals surface area (Å²) in [5.41, 5.74) is 3.30. The van der Waals surface area contributed by atoms with Gasteiger partial charge in [-0.05, 0) is 48.1 Å². The van der Waals surface area contributed by atoms with Gasteiger partial charge in [-0.1, -0.05) is 49.6 Å². The number of methoxy groups -OCH3 is 2. The molecule has 1 atom stereocenters. The van der Waals surface area contributed by atoms with E-state index >= 15 is 0 Å². The second-order valence-corrected chi connectivity index (χ2v) is 7.36. The molecule has 1 amide bonds. The number of rotatable bonds is 10. The predicted molar refractivity (Wildman–Crippen MR) is 121 cm³/mol. The van der Waals surface area contributed by atoms with Gasteiger partial charge in [0.2, 0.25) is 0 Å². The molecule has 0 saturated heterocycles. The SMILES string of the molecule is [B]c1cc(/C=C/NC(=O)C(OCC)c2ccc(CC(C)C)cc2)cc(OC)c1OC. The quantitative estimate of drug-likeness (QED) is 0.612. The van der Waals surface area contributed by atoms with Crippen LogP contribution < -0.4 is 20.3 Å². The first-order valence-electron chi connectivity index (χ1n) is 10.1. The molecule has 0 aliphatic carbocycles. The van der Waals surface area contributed by atoms with Gasteiger partial charge in [0.05, 0.1) is 14.2 Å². The van der Waals surface area contributed by atoms with E-state index in [2.05, 4.69) is 31.3 Å². The van der Waals surface area contributed by atoms with E-state index in [1.54, 1.807) is 31.5 Å². The molecule has 2 aromatic rings. The lowest BCUT2D eigenvalue weighted by atomic mass is 9.92. The minimum absolute atomic E-state index is 0.238. The van der Waals surface area contributed by atoms with Crippen LogP contribution in [0.4, 0.5) is 0 Å². The molecule has 0 aliphatic heterocycles. The first-order chi connectivity index (χ1) is 14.4. The Labute approximate surface area is 180 Å². The molecule has 0 saturated carbocycles. The van der Waals surface area contributed by atoms with E-state index in [-0.39, 0.29) is 5.91 Å². The van der Waals surface area contributed by atoms with Gasteiger partial charge in [0.1, 0.15) is 7.85 Å². The number of carbonyl (C=O) groups excluding carboxylic acids is 1. The number of benzene rings is 2. The summed E-state index contributed by atoms with van der Waals surface area (Å²) in [5, 5.41) is 2.79. The van der Waals surface area contributed by atoms with Gasteiger partial charge in [-0.2, -0.15) is 0 Å². The van der Waals surface area contributed by atoms with Crippen LogP contribution in [-0.2, 0) is 16.0 Å². The molecule has 2 radical (unpaired) electrons. The fourth-order valence-electron chi connectivity index (χ4n) is 3.20.